The van der Waals surface area contributed by atoms with E-state index in [9.17, 15) is 0 Å². The summed E-state index contributed by atoms with van der Waals surface area (Å²) in [5.74, 6) is 0.235. The zero-order valence-electron chi connectivity index (χ0n) is 47.1. The Kier molecular flexibility index (Phi) is 15.8. The fourth-order valence-corrected chi connectivity index (χ4v) is 11.6. The lowest BCUT2D eigenvalue weighted by molar-refractivity contribution is 0.425. The van der Waals surface area contributed by atoms with Gasteiger partial charge in [-0.05, 0) is 155 Å². The highest BCUT2D eigenvalue weighted by atomic mass is 14.5. The Hall–Kier alpha value is -6.50. The van der Waals surface area contributed by atoms with E-state index >= 15 is 0 Å². The smallest absolute Gasteiger partial charge is 0.0312 e. The van der Waals surface area contributed by atoms with Gasteiger partial charge in [-0.3, -0.25) is 0 Å². The fraction of sp³-hybridized carbons (Fsp3) is 0.324. The molecule has 4 aliphatic rings. The van der Waals surface area contributed by atoms with Gasteiger partial charge in [-0.1, -0.05) is 271 Å². The molecule has 1 atom stereocenters. The van der Waals surface area contributed by atoms with Crippen molar-refractivity contribution in [1.82, 2.24) is 0 Å². The number of benzene rings is 6. The van der Waals surface area contributed by atoms with Crippen molar-refractivity contribution in [1.29, 1.82) is 0 Å². The molecule has 0 saturated heterocycles. The third-order valence-corrected chi connectivity index (χ3v) is 15.9. The highest BCUT2D eigenvalue weighted by Crippen LogP contribution is 2.60. The molecule has 0 saturated carbocycles. The number of rotatable bonds is 10. The molecule has 380 valence electrons. The molecule has 0 bridgehead atoms. The molecule has 0 aromatic heterocycles. The van der Waals surface area contributed by atoms with Crippen LogP contribution in [0.3, 0.4) is 0 Å². The second-order valence-electron chi connectivity index (χ2n) is 25.3. The van der Waals surface area contributed by atoms with Gasteiger partial charge in [0, 0.05) is 11.3 Å². The SMILES string of the molecule is C=CCCC(=C1C=CC=C1)c1ccccc1.C=CCCC(C1=CCC=C1)(c1ccccc1)C1c2cc(C(C)(C)C)ccc2-c2ccc(C(C)(C)C)cc21.CC(C)(C)c1ccc2c(c1)Cc1cc(C(C)(C)C)ccc1-2. The van der Waals surface area contributed by atoms with Gasteiger partial charge in [0.15, 0.2) is 0 Å². The average Bonchev–Trinajstić information content (AvgIpc) is 4.22. The van der Waals surface area contributed by atoms with E-state index in [1.807, 2.05) is 6.08 Å². The van der Waals surface area contributed by atoms with Crippen molar-refractivity contribution >= 4 is 5.57 Å². The lowest BCUT2D eigenvalue weighted by atomic mass is 9.60. The van der Waals surface area contributed by atoms with Gasteiger partial charge in [0.25, 0.3) is 0 Å². The molecule has 6 aromatic rings. The summed E-state index contributed by atoms with van der Waals surface area (Å²) in [6.45, 7) is 35.6. The Balaban J connectivity index is 0.000000165. The minimum Gasteiger partial charge on any atom is -0.103 e. The van der Waals surface area contributed by atoms with Gasteiger partial charge in [0.1, 0.15) is 0 Å². The van der Waals surface area contributed by atoms with Crippen LogP contribution in [-0.2, 0) is 33.5 Å². The van der Waals surface area contributed by atoms with Gasteiger partial charge in [0.05, 0.1) is 0 Å². The average molecular weight is 973 g/mol. The second kappa shape index (κ2) is 21.8. The van der Waals surface area contributed by atoms with Crippen molar-refractivity contribution < 1.29 is 0 Å². The van der Waals surface area contributed by atoms with Gasteiger partial charge in [-0.25, -0.2) is 0 Å². The predicted molar refractivity (Wildman–Crippen MR) is 324 cm³/mol. The molecule has 0 heteroatoms. The molecule has 0 nitrogen and oxygen atoms in total. The molecule has 74 heavy (non-hydrogen) atoms. The lowest BCUT2D eigenvalue weighted by Crippen LogP contribution is -2.35. The van der Waals surface area contributed by atoms with Crippen LogP contribution in [-0.4, -0.2) is 0 Å². The molecule has 0 amide bonds. The zero-order chi connectivity index (χ0) is 53.1. The summed E-state index contributed by atoms with van der Waals surface area (Å²) in [6.07, 6.45) is 26.0. The maximum absolute atomic E-state index is 4.15. The van der Waals surface area contributed by atoms with Crippen LogP contribution in [0.15, 0.2) is 212 Å². The van der Waals surface area contributed by atoms with Gasteiger partial charge < -0.3 is 0 Å². The Morgan fingerprint density at radius 3 is 1.36 bits per heavy atom. The Morgan fingerprint density at radius 2 is 0.932 bits per heavy atom. The van der Waals surface area contributed by atoms with Crippen molar-refractivity contribution in [3.05, 3.63) is 268 Å². The number of allylic oxidation sites excluding steroid dienone is 12. The van der Waals surface area contributed by atoms with E-state index in [4.69, 9.17) is 0 Å². The summed E-state index contributed by atoms with van der Waals surface area (Å²) < 4.78 is 0. The molecule has 6 aromatic carbocycles. The molecule has 1 unspecified atom stereocenters. The molecule has 0 aliphatic heterocycles. The standard InChI is InChI=1S/C37H42.C21H26.C16H16/c1-8-9-23-37(27-17-13-14-18-27,26-15-11-10-12-16-26)34-32-24-28(35(2,3)4)19-21-30(32)31-22-20-29(25-33(31)34)36(5,6)7;1-20(2,3)16-7-9-18-14(12-16)11-15-13-17(21(4,5)6)8-10-19(15)18;1-2-3-13-16(15-11-7-8-12-15)14-9-5-4-6-10-14/h8,10-13,15-22,24-25,34H,1,9,14,23H2,2-7H3;7-10,12-13H,11H2,1-6H3;2,4-12H,1,3,13H2. The Labute approximate surface area is 448 Å². The summed E-state index contributed by atoms with van der Waals surface area (Å²) in [6, 6.07) is 50.5. The number of fused-ring (bicyclic) bond motifs is 6. The minimum atomic E-state index is -0.171. The molecule has 4 aliphatic carbocycles. The maximum Gasteiger partial charge on any atom is 0.0312 e. The van der Waals surface area contributed by atoms with E-state index < -0.39 is 0 Å². The van der Waals surface area contributed by atoms with Crippen molar-refractivity contribution in [2.75, 3.05) is 0 Å². The third-order valence-electron chi connectivity index (χ3n) is 15.9. The van der Waals surface area contributed by atoms with Crippen LogP contribution in [0, 0.1) is 0 Å². The van der Waals surface area contributed by atoms with Gasteiger partial charge >= 0.3 is 0 Å². The van der Waals surface area contributed by atoms with E-state index in [0.717, 1.165) is 38.5 Å². The van der Waals surface area contributed by atoms with Crippen LogP contribution >= 0.6 is 0 Å². The molecule has 0 heterocycles. The first-order chi connectivity index (χ1) is 35.1. The van der Waals surface area contributed by atoms with Crippen LogP contribution < -0.4 is 0 Å². The third kappa shape index (κ3) is 11.4. The van der Waals surface area contributed by atoms with Crippen LogP contribution in [0.4, 0.5) is 0 Å². The number of hydrogen-bond donors (Lipinski definition) is 0. The molecular weight excluding hydrogens is 889 g/mol. The Morgan fingerprint density at radius 1 is 0.486 bits per heavy atom. The van der Waals surface area contributed by atoms with Crippen molar-refractivity contribution in [3.8, 4) is 22.3 Å². The quantitative estimate of drug-likeness (QED) is 0.120. The van der Waals surface area contributed by atoms with Crippen molar-refractivity contribution in [3.63, 3.8) is 0 Å². The van der Waals surface area contributed by atoms with E-state index in [-0.39, 0.29) is 33.0 Å². The van der Waals surface area contributed by atoms with Crippen LogP contribution in [0.25, 0.3) is 27.8 Å². The first-order valence-electron chi connectivity index (χ1n) is 27.5. The maximum atomic E-state index is 4.15. The van der Waals surface area contributed by atoms with Crippen molar-refractivity contribution in [2.45, 2.75) is 155 Å². The highest BCUT2D eigenvalue weighted by molar-refractivity contribution is 5.82. The summed E-state index contributed by atoms with van der Waals surface area (Å²) in [7, 11) is 0. The first kappa shape index (κ1) is 53.8. The fourth-order valence-electron chi connectivity index (χ4n) is 11.6. The van der Waals surface area contributed by atoms with E-state index in [2.05, 4.69) is 278 Å². The summed E-state index contributed by atoms with van der Waals surface area (Å²) in [5.41, 5.74) is 24.6. The molecule has 0 radical (unpaired) electrons. The highest BCUT2D eigenvalue weighted by Gasteiger charge is 2.48. The molecule has 0 N–H and O–H groups in total. The topological polar surface area (TPSA) is 0 Å². The van der Waals surface area contributed by atoms with E-state index in [1.165, 1.54) is 94.6 Å². The van der Waals surface area contributed by atoms with Crippen molar-refractivity contribution in [2.24, 2.45) is 0 Å². The summed E-state index contributed by atoms with van der Waals surface area (Å²) >= 11 is 0. The van der Waals surface area contributed by atoms with Gasteiger partial charge in [-0.15, -0.1) is 13.2 Å². The monoisotopic (exact) mass is 973 g/mol. The Bertz CT molecular complexity index is 3010. The predicted octanol–water partition coefficient (Wildman–Crippen LogP) is 20.6. The normalized spacial score (nSPS) is 15.2. The van der Waals surface area contributed by atoms with Crippen LogP contribution in [0.2, 0.25) is 0 Å². The van der Waals surface area contributed by atoms with Gasteiger partial charge in [0.2, 0.25) is 0 Å². The second-order valence-corrected chi connectivity index (χ2v) is 25.3. The minimum absolute atomic E-state index is 0.0912. The molecule has 0 fully saturated rings. The summed E-state index contributed by atoms with van der Waals surface area (Å²) in [5, 5.41) is 0. The molecular formula is C74H84. The molecule has 10 rings (SSSR count). The summed E-state index contributed by atoms with van der Waals surface area (Å²) in [4.78, 5) is 0. The van der Waals surface area contributed by atoms with E-state index in [1.54, 1.807) is 0 Å². The number of hydrogen-bond acceptors (Lipinski definition) is 0. The molecule has 0 spiro atoms. The van der Waals surface area contributed by atoms with Crippen LogP contribution in [0.5, 0.6) is 0 Å². The lowest BCUT2D eigenvalue weighted by Gasteiger charge is -2.42. The largest absolute Gasteiger partial charge is 0.103 e. The van der Waals surface area contributed by atoms with Gasteiger partial charge in [-0.2, -0.15) is 0 Å². The zero-order valence-corrected chi connectivity index (χ0v) is 47.1. The van der Waals surface area contributed by atoms with E-state index in [0.29, 0.717) is 0 Å². The first-order valence-corrected chi connectivity index (χ1v) is 27.5. The van der Waals surface area contributed by atoms with Crippen LogP contribution in [0.1, 0.15) is 177 Å².